The van der Waals surface area contributed by atoms with Crippen molar-refractivity contribution in [2.24, 2.45) is 0 Å². The lowest BCUT2D eigenvalue weighted by atomic mass is 10.1. The molecule has 0 spiro atoms. The average molecular weight is 439 g/mol. The minimum Gasteiger partial charge on any atom is -0.618 e. The Morgan fingerprint density at radius 1 is 1.07 bits per heavy atom. The van der Waals surface area contributed by atoms with Gasteiger partial charge in [-0.05, 0) is 42.8 Å². The number of hydrogen-bond acceptors (Lipinski definition) is 5. The van der Waals surface area contributed by atoms with Gasteiger partial charge in [-0.3, -0.25) is 14.9 Å². The smallest absolute Gasteiger partial charge is 0.323 e. The summed E-state index contributed by atoms with van der Waals surface area (Å²) in [4.78, 5) is 29.3. The van der Waals surface area contributed by atoms with Crippen LogP contribution in [0.5, 0.6) is 0 Å². The predicted molar refractivity (Wildman–Crippen MR) is 117 cm³/mol. The first-order valence-electron chi connectivity index (χ1n) is 8.89. The van der Waals surface area contributed by atoms with Crippen LogP contribution in [-0.2, 0) is 0 Å². The Hall–Kier alpha value is -3.49. The van der Waals surface area contributed by atoms with Crippen LogP contribution < -0.4 is 15.4 Å². The summed E-state index contributed by atoms with van der Waals surface area (Å²) in [6, 6.07) is 15.0. The molecule has 0 bridgehead atoms. The van der Waals surface area contributed by atoms with Crippen molar-refractivity contribution in [2.75, 3.05) is 10.6 Å². The number of benzene rings is 2. The quantitative estimate of drug-likeness (QED) is 0.364. The van der Waals surface area contributed by atoms with Crippen LogP contribution in [0.1, 0.15) is 26.4 Å². The van der Waals surface area contributed by atoms with Crippen molar-refractivity contribution >= 4 is 55.8 Å². The molecular formula is C21H15ClN4O3S. The van der Waals surface area contributed by atoms with Gasteiger partial charge >= 0.3 is 5.91 Å². The number of halogens is 1. The number of para-hydroxylation sites is 1. The highest BCUT2D eigenvalue weighted by atomic mass is 35.5. The van der Waals surface area contributed by atoms with E-state index in [2.05, 4.69) is 15.6 Å². The van der Waals surface area contributed by atoms with E-state index in [4.69, 9.17) is 11.6 Å². The maximum atomic E-state index is 12.7. The SMILES string of the molecule is Cc1cccc(Cl)c1NC(=O)c1ccc2nc(NC(=O)c3cccc[n+]3[O-])sc2c1. The lowest BCUT2D eigenvalue weighted by Gasteiger charge is -2.10. The van der Waals surface area contributed by atoms with E-state index in [0.29, 0.717) is 31.7 Å². The molecule has 2 N–H and O–H groups in total. The minimum atomic E-state index is -0.559. The highest BCUT2D eigenvalue weighted by Crippen LogP contribution is 2.29. The number of amides is 2. The molecule has 7 nitrogen and oxygen atoms in total. The predicted octanol–water partition coefficient (Wildman–Crippen LogP) is 4.40. The molecule has 2 amide bonds. The maximum absolute atomic E-state index is 12.7. The van der Waals surface area contributed by atoms with E-state index in [1.165, 1.54) is 29.7 Å². The molecule has 0 aliphatic carbocycles. The molecule has 0 atom stereocenters. The van der Waals surface area contributed by atoms with Gasteiger partial charge in [0.05, 0.1) is 20.9 Å². The van der Waals surface area contributed by atoms with Crippen LogP contribution in [0.25, 0.3) is 10.2 Å². The number of nitrogens with zero attached hydrogens (tertiary/aromatic N) is 2. The summed E-state index contributed by atoms with van der Waals surface area (Å²) in [7, 11) is 0. The van der Waals surface area contributed by atoms with Gasteiger partial charge in [0, 0.05) is 17.7 Å². The fourth-order valence-corrected chi connectivity index (χ4v) is 4.03. The van der Waals surface area contributed by atoms with Gasteiger partial charge in [0.2, 0.25) is 0 Å². The highest BCUT2D eigenvalue weighted by Gasteiger charge is 2.18. The van der Waals surface area contributed by atoms with Crippen molar-refractivity contribution in [3.8, 4) is 0 Å². The van der Waals surface area contributed by atoms with Gasteiger partial charge in [0.15, 0.2) is 11.3 Å². The van der Waals surface area contributed by atoms with Crippen LogP contribution in [-0.4, -0.2) is 16.8 Å². The number of aryl methyl sites for hydroxylation is 1. The average Bonchev–Trinajstić information content (AvgIpc) is 3.12. The molecule has 0 saturated carbocycles. The molecule has 2 aromatic heterocycles. The number of rotatable bonds is 4. The Kier molecular flexibility index (Phi) is 5.35. The van der Waals surface area contributed by atoms with Crippen molar-refractivity contribution in [1.82, 2.24) is 4.98 Å². The third-order valence-corrected chi connectivity index (χ3v) is 5.64. The molecule has 4 rings (SSSR count). The van der Waals surface area contributed by atoms with Crippen LogP contribution in [0.4, 0.5) is 10.8 Å². The van der Waals surface area contributed by atoms with E-state index in [-0.39, 0.29) is 11.6 Å². The lowest BCUT2D eigenvalue weighted by molar-refractivity contribution is -0.607. The van der Waals surface area contributed by atoms with Crippen molar-refractivity contribution in [3.63, 3.8) is 0 Å². The molecule has 2 heterocycles. The van der Waals surface area contributed by atoms with Gasteiger partial charge < -0.3 is 10.5 Å². The zero-order valence-electron chi connectivity index (χ0n) is 15.7. The van der Waals surface area contributed by atoms with E-state index < -0.39 is 5.91 Å². The Labute approximate surface area is 180 Å². The van der Waals surface area contributed by atoms with Gasteiger partial charge in [-0.15, -0.1) is 0 Å². The summed E-state index contributed by atoms with van der Waals surface area (Å²) in [5.74, 6) is -0.861. The second-order valence-electron chi connectivity index (χ2n) is 6.45. The zero-order valence-corrected chi connectivity index (χ0v) is 17.3. The summed E-state index contributed by atoms with van der Waals surface area (Å²) >= 11 is 7.39. The molecule has 4 aromatic rings. The van der Waals surface area contributed by atoms with Crippen molar-refractivity contribution < 1.29 is 14.3 Å². The summed E-state index contributed by atoms with van der Waals surface area (Å²) in [5.41, 5.74) is 2.45. The third-order valence-electron chi connectivity index (χ3n) is 4.39. The van der Waals surface area contributed by atoms with Gasteiger partial charge in [0.1, 0.15) is 0 Å². The summed E-state index contributed by atoms with van der Waals surface area (Å²) in [6.07, 6.45) is 1.25. The second-order valence-corrected chi connectivity index (χ2v) is 7.89. The molecule has 0 saturated heterocycles. The molecule has 0 radical (unpaired) electrons. The van der Waals surface area contributed by atoms with Gasteiger partial charge in [0.25, 0.3) is 11.6 Å². The van der Waals surface area contributed by atoms with E-state index in [0.717, 1.165) is 10.3 Å². The Morgan fingerprint density at radius 2 is 1.90 bits per heavy atom. The Bertz CT molecular complexity index is 1270. The summed E-state index contributed by atoms with van der Waals surface area (Å²) < 4.78 is 1.21. The number of pyridine rings is 1. The van der Waals surface area contributed by atoms with E-state index in [1.54, 1.807) is 30.3 Å². The van der Waals surface area contributed by atoms with Crippen LogP contribution in [0.15, 0.2) is 60.8 Å². The highest BCUT2D eigenvalue weighted by molar-refractivity contribution is 7.22. The van der Waals surface area contributed by atoms with E-state index in [9.17, 15) is 14.8 Å². The molecule has 0 fully saturated rings. The first-order chi connectivity index (χ1) is 14.4. The number of carbonyl (C=O) groups is 2. The Balaban J connectivity index is 1.56. The van der Waals surface area contributed by atoms with Gasteiger partial charge in [-0.1, -0.05) is 35.1 Å². The molecule has 9 heteroatoms. The molecule has 150 valence electrons. The fourth-order valence-electron chi connectivity index (χ4n) is 2.86. The monoisotopic (exact) mass is 438 g/mol. The molecule has 0 aliphatic heterocycles. The normalized spacial score (nSPS) is 10.7. The second kappa shape index (κ2) is 8.10. The molecule has 0 aliphatic rings. The fraction of sp³-hybridized carbons (Fsp3) is 0.0476. The van der Waals surface area contributed by atoms with Gasteiger partial charge in [-0.2, -0.15) is 4.73 Å². The first-order valence-corrected chi connectivity index (χ1v) is 10.1. The number of anilines is 2. The lowest BCUT2D eigenvalue weighted by Crippen LogP contribution is -2.36. The van der Waals surface area contributed by atoms with E-state index >= 15 is 0 Å². The van der Waals surface area contributed by atoms with Crippen LogP contribution in [0.2, 0.25) is 5.02 Å². The van der Waals surface area contributed by atoms with Crippen molar-refractivity contribution in [2.45, 2.75) is 6.92 Å². The topological polar surface area (TPSA) is 98.0 Å². The molecule has 0 unspecified atom stereocenters. The summed E-state index contributed by atoms with van der Waals surface area (Å²) in [6.45, 7) is 1.86. The van der Waals surface area contributed by atoms with Crippen molar-refractivity contribution in [1.29, 1.82) is 0 Å². The van der Waals surface area contributed by atoms with Crippen LogP contribution in [0, 0.1) is 12.1 Å². The maximum Gasteiger partial charge on any atom is 0.323 e. The number of hydrogen-bond donors (Lipinski definition) is 2. The largest absolute Gasteiger partial charge is 0.618 e. The third kappa shape index (κ3) is 3.96. The van der Waals surface area contributed by atoms with E-state index in [1.807, 2.05) is 19.1 Å². The Morgan fingerprint density at radius 3 is 2.67 bits per heavy atom. The number of fused-ring (bicyclic) bond motifs is 1. The van der Waals surface area contributed by atoms with Crippen LogP contribution in [0.3, 0.4) is 0 Å². The summed E-state index contributed by atoms with van der Waals surface area (Å²) in [5, 5.41) is 18.0. The minimum absolute atomic E-state index is 0.0352. The standard InChI is InChI=1S/C21H15ClN4O3S/c1-12-5-4-6-14(22)18(12)24-19(27)13-8-9-15-17(11-13)30-21(23-15)25-20(28)16-7-2-3-10-26(16)29/h2-11H,1H3,(H,24,27)(H,23,25,28). The number of aromatic nitrogens is 2. The van der Waals surface area contributed by atoms with Crippen LogP contribution >= 0.6 is 22.9 Å². The number of nitrogens with one attached hydrogen (secondary N) is 2. The van der Waals surface area contributed by atoms with Crippen molar-refractivity contribution in [3.05, 3.63) is 87.8 Å². The number of thiazole rings is 1. The van der Waals surface area contributed by atoms with Gasteiger partial charge in [-0.25, -0.2) is 4.98 Å². The number of carbonyl (C=O) groups excluding carboxylic acids is 2. The zero-order chi connectivity index (χ0) is 21.3. The molecular weight excluding hydrogens is 424 g/mol. The molecule has 30 heavy (non-hydrogen) atoms. The molecule has 2 aromatic carbocycles. The first kappa shape index (κ1) is 19.8.